The van der Waals surface area contributed by atoms with Gasteiger partial charge in [-0.1, -0.05) is 0 Å². The monoisotopic (exact) mass is 216 g/mol. The van der Waals surface area contributed by atoms with Crippen LogP contribution in [0.5, 0.6) is 0 Å². The summed E-state index contributed by atoms with van der Waals surface area (Å²) in [7, 11) is 0. The van der Waals surface area contributed by atoms with Gasteiger partial charge < -0.3 is 20.5 Å². The van der Waals surface area contributed by atoms with Crippen LogP contribution in [0.2, 0.25) is 0 Å². The maximum Gasteiger partial charge on any atom is 0.222 e. The molecule has 1 aliphatic heterocycles. The first-order chi connectivity index (χ1) is 7.33. The van der Waals surface area contributed by atoms with Gasteiger partial charge in [-0.2, -0.15) is 0 Å². The van der Waals surface area contributed by atoms with E-state index in [1.165, 1.54) is 0 Å². The molecular weight excluding hydrogens is 196 g/mol. The summed E-state index contributed by atoms with van der Waals surface area (Å²) < 4.78 is 5.57. The van der Waals surface area contributed by atoms with Crippen molar-refractivity contribution in [1.29, 1.82) is 0 Å². The number of carbonyl (C=O) groups excluding carboxylic acids is 1. The van der Waals surface area contributed by atoms with Gasteiger partial charge in [-0.05, 0) is 25.9 Å². The van der Waals surface area contributed by atoms with E-state index in [9.17, 15) is 4.79 Å². The highest BCUT2D eigenvalue weighted by atomic mass is 16.5. The van der Waals surface area contributed by atoms with E-state index in [1.807, 2.05) is 0 Å². The molecule has 1 amide bonds. The van der Waals surface area contributed by atoms with Gasteiger partial charge in [0, 0.05) is 13.0 Å². The second-order valence-corrected chi connectivity index (χ2v) is 3.64. The molecule has 3 N–H and O–H groups in total. The van der Waals surface area contributed by atoms with Crippen LogP contribution in [0.4, 0.5) is 0 Å². The predicted molar refractivity (Wildman–Crippen MR) is 56.6 cm³/mol. The summed E-state index contributed by atoms with van der Waals surface area (Å²) in [5, 5.41) is 14.3. The summed E-state index contributed by atoms with van der Waals surface area (Å²) in [5.74, 6) is -0.0574. The molecule has 15 heavy (non-hydrogen) atoms. The van der Waals surface area contributed by atoms with E-state index in [4.69, 9.17) is 9.84 Å². The zero-order chi connectivity index (χ0) is 10.9. The zero-order valence-corrected chi connectivity index (χ0v) is 9.00. The number of amides is 1. The molecular formula is C10H20N2O3. The average Bonchev–Trinajstić information content (AvgIpc) is 2.28. The van der Waals surface area contributed by atoms with Crippen molar-refractivity contribution in [1.82, 2.24) is 10.6 Å². The van der Waals surface area contributed by atoms with Crippen LogP contribution in [0.1, 0.15) is 19.3 Å². The lowest BCUT2D eigenvalue weighted by Crippen LogP contribution is -2.33. The Kier molecular flexibility index (Phi) is 6.31. The fourth-order valence-corrected chi connectivity index (χ4v) is 1.56. The number of piperidine rings is 1. The van der Waals surface area contributed by atoms with E-state index in [1.54, 1.807) is 0 Å². The minimum absolute atomic E-state index is 0.0130. The van der Waals surface area contributed by atoms with Crippen molar-refractivity contribution in [3.8, 4) is 0 Å². The first kappa shape index (κ1) is 12.4. The molecule has 5 nitrogen and oxygen atoms in total. The third-order valence-corrected chi connectivity index (χ3v) is 2.40. The molecule has 0 bridgehead atoms. The Morgan fingerprint density at radius 1 is 1.47 bits per heavy atom. The maximum atomic E-state index is 11.1. The summed E-state index contributed by atoms with van der Waals surface area (Å²) in [6, 6.07) is 0. The number of nitrogens with one attached hydrogen (secondary N) is 2. The molecule has 5 heteroatoms. The van der Waals surface area contributed by atoms with E-state index in [2.05, 4.69) is 10.6 Å². The average molecular weight is 216 g/mol. The van der Waals surface area contributed by atoms with Gasteiger partial charge >= 0.3 is 0 Å². The highest BCUT2D eigenvalue weighted by molar-refractivity contribution is 5.75. The van der Waals surface area contributed by atoms with Crippen LogP contribution in [-0.2, 0) is 9.53 Å². The third kappa shape index (κ3) is 5.71. The molecule has 1 saturated heterocycles. The third-order valence-electron chi connectivity index (χ3n) is 2.40. The van der Waals surface area contributed by atoms with E-state index in [-0.39, 0.29) is 12.5 Å². The number of aliphatic hydroxyl groups excluding tert-OH is 1. The lowest BCUT2D eigenvalue weighted by molar-refractivity contribution is -0.122. The Balaban J connectivity index is 1.97. The van der Waals surface area contributed by atoms with Gasteiger partial charge in [0.05, 0.1) is 19.3 Å². The predicted octanol–water partition coefficient (Wildman–Crippen LogP) is -0.746. The molecule has 0 aromatic carbocycles. The number of carbonyl (C=O) groups is 1. The van der Waals surface area contributed by atoms with Crippen LogP contribution in [0, 0.1) is 0 Å². The quantitative estimate of drug-likeness (QED) is 0.546. The van der Waals surface area contributed by atoms with Crippen LogP contribution in [0.3, 0.4) is 0 Å². The fourth-order valence-electron chi connectivity index (χ4n) is 1.56. The van der Waals surface area contributed by atoms with Gasteiger partial charge in [-0.3, -0.25) is 4.79 Å². The molecule has 0 aromatic heterocycles. The lowest BCUT2D eigenvalue weighted by atomic mass is 10.1. The van der Waals surface area contributed by atoms with Gasteiger partial charge in [0.15, 0.2) is 0 Å². The Morgan fingerprint density at radius 2 is 2.20 bits per heavy atom. The van der Waals surface area contributed by atoms with Gasteiger partial charge in [0.2, 0.25) is 5.91 Å². The number of hydrogen-bond donors (Lipinski definition) is 3. The molecule has 0 saturated carbocycles. The van der Waals surface area contributed by atoms with Crippen molar-refractivity contribution < 1.29 is 14.6 Å². The first-order valence-corrected chi connectivity index (χ1v) is 5.53. The Labute approximate surface area is 90.2 Å². The molecule has 1 heterocycles. The molecule has 0 radical (unpaired) electrons. The van der Waals surface area contributed by atoms with Crippen molar-refractivity contribution >= 4 is 5.91 Å². The smallest absolute Gasteiger partial charge is 0.222 e. The Bertz CT molecular complexity index is 182. The number of aliphatic hydroxyl groups is 1. The first-order valence-electron chi connectivity index (χ1n) is 5.53. The fraction of sp³-hybridized carbons (Fsp3) is 0.900. The SMILES string of the molecule is O=C(CCOC1CCNCC1)NCCO. The van der Waals surface area contributed by atoms with Crippen LogP contribution in [0.25, 0.3) is 0 Å². The summed E-state index contributed by atoms with van der Waals surface area (Å²) in [4.78, 5) is 11.1. The van der Waals surface area contributed by atoms with Gasteiger partial charge in [0.1, 0.15) is 0 Å². The molecule has 1 fully saturated rings. The Morgan fingerprint density at radius 3 is 2.87 bits per heavy atom. The van der Waals surface area contributed by atoms with Gasteiger partial charge in [-0.25, -0.2) is 0 Å². The van der Waals surface area contributed by atoms with Gasteiger partial charge in [-0.15, -0.1) is 0 Å². The van der Waals surface area contributed by atoms with Crippen LogP contribution >= 0.6 is 0 Å². The number of rotatable bonds is 6. The van der Waals surface area contributed by atoms with Crippen molar-refractivity contribution in [2.75, 3.05) is 32.8 Å². The second kappa shape index (κ2) is 7.62. The van der Waals surface area contributed by atoms with Crippen molar-refractivity contribution in [3.05, 3.63) is 0 Å². The minimum atomic E-state index is -0.0574. The summed E-state index contributed by atoms with van der Waals surface area (Å²) in [6.45, 7) is 2.79. The summed E-state index contributed by atoms with van der Waals surface area (Å²) >= 11 is 0. The van der Waals surface area contributed by atoms with Crippen molar-refractivity contribution in [3.63, 3.8) is 0 Å². The largest absolute Gasteiger partial charge is 0.395 e. The van der Waals surface area contributed by atoms with E-state index >= 15 is 0 Å². The normalized spacial score (nSPS) is 17.7. The van der Waals surface area contributed by atoms with E-state index < -0.39 is 0 Å². The molecule has 1 rings (SSSR count). The van der Waals surface area contributed by atoms with Crippen molar-refractivity contribution in [2.45, 2.75) is 25.4 Å². The topological polar surface area (TPSA) is 70.6 Å². The second-order valence-electron chi connectivity index (χ2n) is 3.64. The van der Waals surface area contributed by atoms with E-state index in [0.717, 1.165) is 25.9 Å². The molecule has 0 spiro atoms. The molecule has 1 aliphatic rings. The standard InChI is InChI=1S/C10H20N2O3/c13-7-6-12-10(14)3-8-15-9-1-4-11-5-2-9/h9,11,13H,1-8H2,(H,12,14). The highest BCUT2D eigenvalue weighted by Crippen LogP contribution is 2.07. The molecule has 0 atom stereocenters. The number of hydrogen-bond acceptors (Lipinski definition) is 4. The lowest BCUT2D eigenvalue weighted by Gasteiger charge is -2.22. The minimum Gasteiger partial charge on any atom is -0.395 e. The molecule has 88 valence electrons. The molecule has 0 unspecified atom stereocenters. The zero-order valence-electron chi connectivity index (χ0n) is 9.00. The summed E-state index contributed by atoms with van der Waals surface area (Å²) in [6.07, 6.45) is 2.73. The van der Waals surface area contributed by atoms with Crippen LogP contribution < -0.4 is 10.6 Å². The highest BCUT2D eigenvalue weighted by Gasteiger charge is 2.13. The molecule has 0 aromatic rings. The summed E-state index contributed by atoms with van der Waals surface area (Å²) in [5.41, 5.74) is 0. The van der Waals surface area contributed by atoms with Crippen molar-refractivity contribution in [2.24, 2.45) is 0 Å². The maximum absolute atomic E-state index is 11.1. The number of ether oxygens (including phenoxy) is 1. The van der Waals surface area contributed by atoms with Crippen LogP contribution in [0.15, 0.2) is 0 Å². The van der Waals surface area contributed by atoms with Crippen LogP contribution in [-0.4, -0.2) is 50.0 Å². The van der Waals surface area contributed by atoms with Gasteiger partial charge in [0.25, 0.3) is 0 Å². The Hall–Kier alpha value is -0.650. The van der Waals surface area contributed by atoms with E-state index in [0.29, 0.717) is 25.7 Å². The molecule has 0 aliphatic carbocycles.